The van der Waals surface area contributed by atoms with Crippen LogP contribution in [-0.2, 0) is 11.2 Å². The van der Waals surface area contributed by atoms with Gasteiger partial charge < -0.3 is 15.1 Å². The molecule has 27 heavy (non-hydrogen) atoms. The van der Waals surface area contributed by atoms with Crippen molar-refractivity contribution < 1.29 is 9.90 Å². The number of nitrogens with one attached hydrogen (secondary N) is 2. The molecule has 0 bridgehead atoms. The predicted molar refractivity (Wildman–Crippen MR) is 103 cm³/mol. The Morgan fingerprint density at radius 3 is 2.85 bits per heavy atom. The van der Waals surface area contributed by atoms with Gasteiger partial charge in [0, 0.05) is 10.3 Å². The number of fused-ring (bicyclic) bond motifs is 2. The maximum absolute atomic E-state index is 12.3. The largest absolute Gasteiger partial charge is 0.493 e. The lowest BCUT2D eigenvalue weighted by atomic mass is 10.2. The fraction of sp³-hybridized carbons (Fsp3) is 0.167. The summed E-state index contributed by atoms with van der Waals surface area (Å²) in [7, 11) is 0. The van der Waals surface area contributed by atoms with Gasteiger partial charge in [0.25, 0.3) is 11.5 Å². The fourth-order valence-electron chi connectivity index (χ4n) is 2.88. The summed E-state index contributed by atoms with van der Waals surface area (Å²) in [6.45, 7) is 3.80. The Morgan fingerprint density at radius 1 is 1.26 bits per heavy atom. The summed E-state index contributed by atoms with van der Waals surface area (Å²) in [5.41, 5.74) is 1.52. The van der Waals surface area contributed by atoms with Crippen molar-refractivity contribution in [2.24, 2.45) is 10.2 Å². The first-order valence-corrected chi connectivity index (χ1v) is 8.99. The van der Waals surface area contributed by atoms with Crippen molar-refractivity contribution in [2.45, 2.75) is 20.3 Å². The van der Waals surface area contributed by atoms with E-state index in [1.54, 1.807) is 18.2 Å². The molecule has 1 amide bonds. The summed E-state index contributed by atoms with van der Waals surface area (Å²) in [5.74, 6) is -0.502. The lowest BCUT2D eigenvalue weighted by Crippen LogP contribution is -2.13. The first kappa shape index (κ1) is 17.1. The zero-order valence-electron chi connectivity index (χ0n) is 14.5. The van der Waals surface area contributed by atoms with Crippen molar-refractivity contribution in [3.8, 4) is 5.88 Å². The molecule has 0 spiro atoms. The Hall–Kier alpha value is -3.33. The van der Waals surface area contributed by atoms with Gasteiger partial charge in [-0.3, -0.25) is 9.59 Å². The minimum Gasteiger partial charge on any atom is -0.493 e. The summed E-state index contributed by atoms with van der Waals surface area (Å²) in [4.78, 5) is 35.8. The molecular formula is C18H15N5O3S. The van der Waals surface area contributed by atoms with Crippen LogP contribution >= 0.6 is 11.3 Å². The van der Waals surface area contributed by atoms with E-state index in [0.29, 0.717) is 21.1 Å². The van der Waals surface area contributed by atoms with Gasteiger partial charge in [-0.1, -0.05) is 18.2 Å². The Bertz CT molecular complexity index is 1280. The number of carbonyl (C=O) groups is 1. The molecule has 3 aromatic heterocycles. The van der Waals surface area contributed by atoms with Gasteiger partial charge in [0.05, 0.1) is 17.3 Å². The number of amides is 1. The number of thiophene rings is 1. The molecule has 9 heteroatoms. The van der Waals surface area contributed by atoms with Crippen molar-refractivity contribution in [3.05, 3.63) is 50.9 Å². The van der Waals surface area contributed by atoms with Crippen molar-refractivity contribution in [2.75, 3.05) is 0 Å². The van der Waals surface area contributed by atoms with E-state index in [-0.39, 0.29) is 29.4 Å². The summed E-state index contributed by atoms with van der Waals surface area (Å²) < 4.78 is 0. The van der Waals surface area contributed by atoms with Gasteiger partial charge in [0.1, 0.15) is 10.7 Å². The van der Waals surface area contributed by atoms with Gasteiger partial charge in [0.2, 0.25) is 5.88 Å². The van der Waals surface area contributed by atoms with Crippen molar-refractivity contribution >= 4 is 44.1 Å². The first-order valence-electron chi connectivity index (χ1n) is 8.17. The highest BCUT2D eigenvalue weighted by Gasteiger charge is 2.14. The van der Waals surface area contributed by atoms with E-state index in [4.69, 9.17) is 0 Å². The molecule has 0 aliphatic heterocycles. The van der Waals surface area contributed by atoms with Gasteiger partial charge >= 0.3 is 0 Å². The van der Waals surface area contributed by atoms with Crippen LogP contribution in [0.5, 0.6) is 5.88 Å². The van der Waals surface area contributed by atoms with E-state index < -0.39 is 5.91 Å². The average molecular weight is 381 g/mol. The maximum Gasteiger partial charge on any atom is 0.272 e. The lowest BCUT2D eigenvalue weighted by Gasteiger charge is -1.98. The predicted octanol–water partition coefficient (Wildman–Crippen LogP) is 3.64. The van der Waals surface area contributed by atoms with Crippen molar-refractivity contribution in [3.63, 3.8) is 0 Å². The van der Waals surface area contributed by atoms with Crippen LogP contribution in [0.15, 0.2) is 39.3 Å². The number of aromatic amines is 2. The maximum atomic E-state index is 12.3. The van der Waals surface area contributed by atoms with Gasteiger partial charge in [0.15, 0.2) is 5.69 Å². The average Bonchev–Trinajstić information content (AvgIpc) is 3.09. The molecule has 136 valence electrons. The summed E-state index contributed by atoms with van der Waals surface area (Å²) in [6, 6.07) is 7.16. The number of benzene rings is 1. The van der Waals surface area contributed by atoms with Crippen LogP contribution in [0.3, 0.4) is 0 Å². The van der Waals surface area contributed by atoms with E-state index in [9.17, 15) is 14.7 Å². The second kappa shape index (κ2) is 6.44. The molecule has 0 saturated carbocycles. The van der Waals surface area contributed by atoms with E-state index in [1.165, 1.54) is 11.3 Å². The number of rotatable bonds is 3. The highest BCUT2D eigenvalue weighted by atomic mass is 32.1. The second-order valence-electron chi connectivity index (χ2n) is 6.11. The van der Waals surface area contributed by atoms with Gasteiger partial charge in [-0.2, -0.15) is 0 Å². The normalized spacial score (nSPS) is 11.8. The molecular weight excluding hydrogens is 366 g/mol. The summed E-state index contributed by atoms with van der Waals surface area (Å²) in [5, 5.41) is 18.7. The first-order chi connectivity index (χ1) is 12.9. The highest BCUT2D eigenvalue weighted by molar-refractivity contribution is 7.18. The van der Waals surface area contributed by atoms with Crippen molar-refractivity contribution in [1.29, 1.82) is 0 Å². The van der Waals surface area contributed by atoms with E-state index in [2.05, 4.69) is 25.2 Å². The monoisotopic (exact) mass is 381 g/mol. The molecule has 1 aromatic carbocycles. The zero-order valence-corrected chi connectivity index (χ0v) is 15.3. The minimum absolute atomic E-state index is 0.162. The molecule has 8 nitrogen and oxygen atoms in total. The Balaban J connectivity index is 1.61. The molecule has 0 atom stereocenters. The number of nitrogens with zero attached hydrogens (tertiary/aromatic N) is 3. The van der Waals surface area contributed by atoms with Crippen LogP contribution in [0.4, 0.5) is 5.69 Å². The minimum atomic E-state index is -0.577. The standard InChI is InChI=1S/C18H15N5O3S/c1-8-9(2)27-18-14(8)16(25)20-12(21-18)7-13(24)22-23-15-10-5-3-4-6-11(10)19-17(15)26/h3-6,19,26H,7H2,1-2H3,(H,20,21,25). The number of para-hydroxylation sites is 1. The Morgan fingerprint density at radius 2 is 2.04 bits per heavy atom. The van der Waals surface area contributed by atoms with Crippen LogP contribution in [0.1, 0.15) is 16.3 Å². The summed E-state index contributed by atoms with van der Waals surface area (Å²) in [6.07, 6.45) is -0.187. The number of hydrogen-bond acceptors (Lipinski definition) is 6. The van der Waals surface area contributed by atoms with Gasteiger partial charge in [-0.05, 0) is 25.5 Å². The highest BCUT2D eigenvalue weighted by Crippen LogP contribution is 2.35. The molecule has 3 heterocycles. The van der Waals surface area contributed by atoms with E-state index in [0.717, 1.165) is 10.4 Å². The number of azo groups is 1. The number of aromatic nitrogens is 3. The number of H-pyrrole nitrogens is 2. The molecule has 4 aromatic rings. The van der Waals surface area contributed by atoms with Crippen LogP contribution < -0.4 is 5.56 Å². The zero-order chi connectivity index (χ0) is 19.1. The molecule has 4 rings (SSSR count). The topological polar surface area (TPSA) is 124 Å². The molecule has 0 aliphatic rings. The van der Waals surface area contributed by atoms with Crippen LogP contribution in [0, 0.1) is 13.8 Å². The second-order valence-corrected chi connectivity index (χ2v) is 7.32. The third kappa shape index (κ3) is 3.02. The Kier molecular flexibility index (Phi) is 4.08. The number of aromatic hydroxyl groups is 1. The third-order valence-electron chi connectivity index (χ3n) is 4.33. The SMILES string of the molecule is Cc1sc2nc(CC(=O)N=Nc3c(O)[nH]c4ccccc34)[nH]c(=O)c2c1C. The van der Waals surface area contributed by atoms with Crippen LogP contribution in [0.25, 0.3) is 21.1 Å². The number of hydrogen-bond donors (Lipinski definition) is 3. The molecule has 0 radical (unpaired) electrons. The van der Waals surface area contributed by atoms with Crippen molar-refractivity contribution in [1.82, 2.24) is 15.0 Å². The molecule has 3 N–H and O–H groups in total. The Labute approximate surface area is 156 Å². The summed E-state index contributed by atoms with van der Waals surface area (Å²) >= 11 is 1.42. The smallest absolute Gasteiger partial charge is 0.272 e. The number of aryl methyl sites for hydroxylation is 2. The van der Waals surface area contributed by atoms with Crippen LogP contribution in [0.2, 0.25) is 0 Å². The van der Waals surface area contributed by atoms with Crippen LogP contribution in [-0.4, -0.2) is 26.0 Å². The van der Waals surface area contributed by atoms with Gasteiger partial charge in [-0.25, -0.2) is 4.98 Å². The van der Waals surface area contributed by atoms with E-state index in [1.807, 2.05) is 19.9 Å². The third-order valence-corrected chi connectivity index (χ3v) is 5.43. The van der Waals surface area contributed by atoms with Gasteiger partial charge in [-0.15, -0.1) is 21.6 Å². The molecule has 0 aliphatic carbocycles. The number of carbonyl (C=O) groups excluding carboxylic acids is 1. The van der Waals surface area contributed by atoms with E-state index >= 15 is 0 Å². The lowest BCUT2D eigenvalue weighted by molar-refractivity contribution is -0.117. The molecule has 0 saturated heterocycles. The molecule has 0 unspecified atom stereocenters. The fourth-order valence-corrected chi connectivity index (χ4v) is 3.93. The quantitative estimate of drug-likeness (QED) is 0.469. The molecule has 0 fully saturated rings.